The summed E-state index contributed by atoms with van der Waals surface area (Å²) < 4.78 is 18.5. The van der Waals surface area contributed by atoms with Crippen molar-refractivity contribution in [2.24, 2.45) is 0 Å². The fourth-order valence-electron chi connectivity index (χ4n) is 1.68. The van der Waals surface area contributed by atoms with Crippen molar-refractivity contribution in [2.45, 2.75) is 19.4 Å². The van der Waals surface area contributed by atoms with E-state index in [4.69, 9.17) is 16.3 Å². The van der Waals surface area contributed by atoms with Gasteiger partial charge in [0.1, 0.15) is 17.3 Å². The molecule has 0 aliphatic rings. The summed E-state index contributed by atoms with van der Waals surface area (Å²) in [7, 11) is 0. The maximum atomic E-state index is 12.9. The molecule has 0 spiro atoms. The molecule has 0 aliphatic heterocycles. The van der Waals surface area contributed by atoms with E-state index in [-0.39, 0.29) is 5.02 Å². The van der Waals surface area contributed by atoms with E-state index in [0.29, 0.717) is 17.9 Å². The molecule has 0 fully saturated rings. The van der Waals surface area contributed by atoms with Gasteiger partial charge in [-0.25, -0.2) is 4.39 Å². The van der Waals surface area contributed by atoms with Crippen LogP contribution in [0.4, 0.5) is 4.39 Å². The van der Waals surface area contributed by atoms with Crippen LogP contribution in [0.1, 0.15) is 25.0 Å². The molecule has 4 heteroatoms. The smallest absolute Gasteiger partial charge is 0.146 e. The maximum Gasteiger partial charge on any atom is 0.146 e. The van der Waals surface area contributed by atoms with Crippen LogP contribution in [0.2, 0.25) is 5.02 Å². The molecular weight excluding hydrogens is 267 g/mol. The first kappa shape index (κ1) is 13.8. The Morgan fingerprint density at radius 1 is 1.21 bits per heavy atom. The first-order chi connectivity index (χ1) is 9.10. The lowest BCUT2D eigenvalue weighted by molar-refractivity contribution is 0.173. The Kier molecular flexibility index (Phi) is 4.40. The van der Waals surface area contributed by atoms with Gasteiger partial charge in [-0.2, -0.15) is 0 Å². The van der Waals surface area contributed by atoms with E-state index >= 15 is 0 Å². The molecule has 1 unspecified atom stereocenters. The number of rotatable bonds is 4. The maximum absolute atomic E-state index is 12.9. The van der Waals surface area contributed by atoms with Gasteiger partial charge < -0.3 is 9.84 Å². The highest BCUT2D eigenvalue weighted by Crippen LogP contribution is 2.30. The SMILES string of the molecule is CCC(O)c1ccc(Oc2ccc(F)cc2Cl)cc1. The van der Waals surface area contributed by atoms with Crippen molar-refractivity contribution in [3.05, 3.63) is 58.9 Å². The van der Waals surface area contributed by atoms with Gasteiger partial charge in [-0.3, -0.25) is 0 Å². The van der Waals surface area contributed by atoms with Gasteiger partial charge in [-0.05, 0) is 42.3 Å². The third-order valence-corrected chi connectivity index (χ3v) is 3.07. The summed E-state index contributed by atoms with van der Waals surface area (Å²) in [5.41, 5.74) is 0.833. The van der Waals surface area contributed by atoms with Crippen molar-refractivity contribution in [2.75, 3.05) is 0 Å². The molecule has 0 aliphatic carbocycles. The Hall–Kier alpha value is -1.58. The van der Waals surface area contributed by atoms with Gasteiger partial charge in [0.25, 0.3) is 0 Å². The molecule has 0 radical (unpaired) electrons. The summed E-state index contributed by atoms with van der Waals surface area (Å²) in [6.45, 7) is 1.91. The quantitative estimate of drug-likeness (QED) is 0.878. The van der Waals surface area contributed by atoms with Crippen molar-refractivity contribution in [1.29, 1.82) is 0 Å². The first-order valence-corrected chi connectivity index (χ1v) is 6.39. The zero-order valence-electron chi connectivity index (χ0n) is 10.4. The zero-order chi connectivity index (χ0) is 13.8. The summed E-state index contributed by atoms with van der Waals surface area (Å²) in [6, 6.07) is 11.0. The van der Waals surface area contributed by atoms with Gasteiger partial charge in [0, 0.05) is 0 Å². The Morgan fingerprint density at radius 3 is 2.47 bits per heavy atom. The van der Waals surface area contributed by atoms with Crippen molar-refractivity contribution in [3.8, 4) is 11.5 Å². The fourth-order valence-corrected chi connectivity index (χ4v) is 1.88. The van der Waals surface area contributed by atoms with Crippen LogP contribution in [-0.2, 0) is 0 Å². The topological polar surface area (TPSA) is 29.5 Å². The average molecular weight is 281 g/mol. The van der Waals surface area contributed by atoms with Crippen molar-refractivity contribution >= 4 is 11.6 Å². The van der Waals surface area contributed by atoms with Crippen LogP contribution in [0.25, 0.3) is 0 Å². The summed E-state index contributed by atoms with van der Waals surface area (Å²) in [5, 5.41) is 9.90. The molecule has 0 aromatic heterocycles. The minimum atomic E-state index is -0.469. The molecule has 0 amide bonds. The van der Waals surface area contributed by atoms with Crippen LogP contribution in [0.15, 0.2) is 42.5 Å². The van der Waals surface area contributed by atoms with Crippen LogP contribution >= 0.6 is 11.6 Å². The predicted molar refractivity (Wildman–Crippen MR) is 73.2 cm³/mol. The van der Waals surface area contributed by atoms with E-state index in [0.717, 1.165) is 5.56 Å². The number of benzene rings is 2. The normalized spacial score (nSPS) is 12.2. The van der Waals surface area contributed by atoms with E-state index in [2.05, 4.69) is 0 Å². The number of ether oxygens (including phenoxy) is 1. The van der Waals surface area contributed by atoms with Gasteiger partial charge in [0.05, 0.1) is 11.1 Å². The second kappa shape index (κ2) is 6.04. The van der Waals surface area contributed by atoms with Crippen molar-refractivity contribution < 1.29 is 14.2 Å². The van der Waals surface area contributed by atoms with Crippen molar-refractivity contribution in [1.82, 2.24) is 0 Å². The molecule has 2 aromatic rings. The van der Waals surface area contributed by atoms with Gasteiger partial charge in [-0.1, -0.05) is 30.7 Å². The monoisotopic (exact) mass is 280 g/mol. The molecule has 2 nitrogen and oxygen atoms in total. The van der Waals surface area contributed by atoms with Crippen LogP contribution in [-0.4, -0.2) is 5.11 Å². The fraction of sp³-hybridized carbons (Fsp3) is 0.200. The van der Waals surface area contributed by atoms with Gasteiger partial charge >= 0.3 is 0 Å². The largest absolute Gasteiger partial charge is 0.456 e. The van der Waals surface area contributed by atoms with E-state index < -0.39 is 11.9 Å². The zero-order valence-corrected chi connectivity index (χ0v) is 11.2. The molecule has 2 aromatic carbocycles. The Morgan fingerprint density at radius 2 is 1.89 bits per heavy atom. The summed E-state index contributed by atoms with van der Waals surface area (Å²) in [4.78, 5) is 0. The molecule has 0 saturated carbocycles. The second-order valence-electron chi connectivity index (χ2n) is 4.17. The number of halogens is 2. The van der Waals surface area contributed by atoms with Crippen LogP contribution < -0.4 is 4.74 Å². The van der Waals surface area contributed by atoms with E-state index in [9.17, 15) is 9.50 Å². The van der Waals surface area contributed by atoms with Gasteiger partial charge in [0.15, 0.2) is 0 Å². The van der Waals surface area contributed by atoms with Gasteiger partial charge in [0.2, 0.25) is 0 Å². The van der Waals surface area contributed by atoms with Crippen LogP contribution in [0, 0.1) is 5.82 Å². The highest BCUT2D eigenvalue weighted by molar-refractivity contribution is 6.32. The first-order valence-electron chi connectivity index (χ1n) is 6.01. The number of hydrogen-bond acceptors (Lipinski definition) is 2. The highest BCUT2D eigenvalue weighted by Gasteiger charge is 2.07. The van der Waals surface area contributed by atoms with E-state index in [1.807, 2.05) is 6.92 Å². The number of aliphatic hydroxyl groups excluding tert-OH is 1. The second-order valence-corrected chi connectivity index (χ2v) is 4.58. The van der Waals surface area contributed by atoms with Crippen LogP contribution in [0.3, 0.4) is 0 Å². The lowest BCUT2D eigenvalue weighted by atomic mass is 10.1. The molecule has 19 heavy (non-hydrogen) atoms. The third-order valence-electron chi connectivity index (χ3n) is 2.77. The minimum Gasteiger partial charge on any atom is -0.456 e. The summed E-state index contributed by atoms with van der Waals surface area (Å²) in [5.74, 6) is 0.575. The standard InChI is InChI=1S/C15H14ClFO2/c1-2-14(18)10-3-6-12(7-4-10)19-15-8-5-11(17)9-13(15)16/h3-9,14,18H,2H2,1H3. The molecule has 1 atom stereocenters. The third kappa shape index (κ3) is 3.46. The molecule has 0 heterocycles. The van der Waals surface area contributed by atoms with E-state index in [1.165, 1.54) is 18.2 Å². The van der Waals surface area contributed by atoms with E-state index in [1.54, 1.807) is 24.3 Å². The van der Waals surface area contributed by atoms with Crippen LogP contribution in [0.5, 0.6) is 11.5 Å². The summed E-state index contributed by atoms with van der Waals surface area (Å²) >= 11 is 5.88. The Balaban J connectivity index is 2.15. The lowest BCUT2D eigenvalue weighted by Gasteiger charge is -2.10. The van der Waals surface area contributed by atoms with Gasteiger partial charge in [-0.15, -0.1) is 0 Å². The molecule has 2 rings (SSSR count). The van der Waals surface area contributed by atoms with Crippen molar-refractivity contribution in [3.63, 3.8) is 0 Å². The Labute approximate surface area is 116 Å². The highest BCUT2D eigenvalue weighted by atomic mass is 35.5. The number of aliphatic hydroxyl groups is 1. The molecule has 100 valence electrons. The predicted octanol–water partition coefficient (Wildman–Crippen LogP) is 4.71. The molecule has 0 bridgehead atoms. The molecule has 0 saturated heterocycles. The molecular formula is C15H14ClFO2. The average Bonchev–Trinajstić information content (AvgIpc) is 2.42. The molecule has 1 N–H and O–H groups in total. The summed E-state index contributed by atoms with van der Waals surface area (Å²) in [6.07, 6.45) is 0.188. The number of hydrogen-bond donors (Lipinski definition) is 1. The minimum absolute atomic E-state index is 0.220. The lowest BCUT2D eigenvalue weighted by Crippen LogP contribution is -1.94. The Bertz CT molecular complexity index is 555.